The number of halogens is 6. The minimum atomic E-state index is -5.08. The summed E-state index contributed by atoms with van der Waals surface area (Å²) in [7, 11) is -2.98. The van der Waals surface area contributed by atoms with Gasteiger partial charge in [-0.25, -0.2) is 22.3 Å². The molecule has 38 heavy (non-hydrogen) atoms. The fraction of sp³-hybridized carbons (Fsp3) is 0.682. The average molecular weight is 578 g/mol. The average Bonchev–Trinajstić information content (AvgIpc) is 3.68. The molecule has 4 rings (SSSR count). The van der Waals surface area contributed by atoms with E-state index in [2.05, 4.69) is 16.0 Å². The first kappa shape index (κ1) is 31.8. The zero-order chi connectivity index (χ0) is 28.8. The molecule has 3 fully saturated rings. The SMILES string of the molecule is O=C(O)C(F)(F)F.O=C(O)C(F)(F)F.O=S(=O)(C1CC1)N1CCC2(CCN(Cc3ccccn3)CC2)CC1. The van der Waals surface area contributed by atoms with Gasteiger partial charge < -0.3 is 10.2 Å². The first-order chi connectivity index (χ1) is 17.5. The maximum absolute atomic E-state index is 12.4. The molecule has 1 saturated carbocycles. The molecular weight excluding hydrogens is 548 g/mol. The zero-order valence-corrected chi connectivity index (χ0v) is 21.0. The van der Waals surface area contributed by atoms with Crippen molar-refractivity contribution >= 4 is 22.0 Å². The fourth-order valence-electron chi connectivity index (χ4n) is 4.20. The number of likely N-dealkylation sites (tertiary alicyclic amines) is 1. The van der Waals surface area contributed by atoms with E-state index in [9.17, 15) is 34.8 Å². The van der Waals surface area contributed by atoms with Crippen LogP contribution in [0.5, 0.6) is 0 Å². The smallest absolute Gasteiger partial charge is 0.475 e. The standard InChI is InChI=1S/C18H27N3O2S.2C2HF3O2/c22-24(23,17-4-5-17)21-13-8-18(9-14-21)6-11-20(12-7-18)15-16-3-1-2-10-19-16;2*3-2(4,5)1(6)7/h1-3,10,17H,4-9,11-15H2;2*(H,6,7). The van der Waals surface area contributed by atoms with Gasteiger partial charge in [0.2, 0.25) is 10.0 Å². The van der Waals surface area contributed by atoms with Crippen LogP contribution in [0.2, 0.25) is 0 Å². The predicted octanol–water partition coefficient (Wildman–Crippen LogP) is 3.52. The van der Waals surface area contributed by atoms with Gasteiger partial charge in [-0.3, -0.25) is 9.88 Å². The summed E-state index contributed by atoms with van der Waals surface area (Å²) in [4.78, 5) is 24.7. The molecule has 1 aliphatic carbocycles. The highest BCUT2D eigenvalue weighted by Crippen LogP contribution is 2.43. The topological polar surface area (TPSA) is 128 Å². The molecular formula is C22H29F6N3O6S. The predicted molar refractivity (Wildman–Crippen MR) is 121 cm³/mol. The molecule has 1 aromatic rings. The molecule has 2 aliphatic heterocycles. The number of nitrogens with zero attached hydrogens (tertiary/aromatic N) is 3. The number of aromatic nitrogens is 1. The number of alkyl halides is 6. The highest BCUT2D eigenvalue weighted by atomic mass is 32.2. The largest absolute Gasteiger partial charge is 0.490 e. The van der Waals surface area contributed by atoms with Gasteiger partial charge in [-0.1, -0.05) is 6.07 Å². The third-order valence-electron chi connectivity index (χ3n) is 6.60. The number of carbonyl (C=O) groups is 2. The molecule has 0 radical (unpaired) electrons. The van der Waals surface area contributed by atoms with Gasteiger partial charge in [-0.05, 0) is 69.2 Å². The lowest BCUT2D eigenvalue weighted by molar-refractivity contribution is -0.193. The Labute approximate surface area is 215 Å². The van der Waals surface area contributed by atoms with Crippen molar-refractivity contribution < 1.29 is 54.6 Å². The van der Waals surface area contributed by atoms with Crippen LogP contribution in [-0.4, -0.2) is 88.5 Å². The fourth-order valence-corrected chi connectivity index (χ4v) is 6.04. The Balaban J connectivity index is 0.000000301. The molecule has 0 atom stereocenters. The van der Waals surface area contributed by atoms with Crippen LogP contribution < -0.4 is 0 Å². The van der Waals surface area contributed by atoms with Crippen LogP contribution in [0.25, 0.3) is 0 Å². The number of sulfonamides is 1. The van der Waals surface area contributed by atoms with E-state index in [4.69, 9.17) is 19.8 Å². The maximum atomic E-state index is 12.4. The Kier molecular flexibility index (Phi) is 10.5. The highest BCUT2D eigenvalue weighted by molar-refractivity contribution is 7.90. The van der Waals surface area contributed by atoms with Crippen molar-refractivity contribution in [1.29, 1.82) is 0 Å². The molecule has 0 unspecified atom stereocenters. The summed E-state index contributed by atoms with van der Waals surface area (Å²) in [6.07, 6.45) is -2.11. The molecule has 3 aliphatic rings. The molecule has 0 aromatic carbocycles. The summed E-state index contributed by atoms with van der Waals surface area (Å²) in [6.45, 7) is 4.61. The van der Waals surface area contributed by atoms with Crippen LogP contribution >= 0.6 is 0 Å². The van der Waals surface area contributed by atoms with E-state index in [1.807, 2.05) is 18.3 Å². The van der Waals surface area contributed by atoms with E-state index in [1.54, 1.807) is 4.31 Å². The molecule has 3 heterocycles. The number of carboxylic acid groups (broad SMARTS) is 2. The van der Waals surface area contributed by atoms with Gasteiger partial charge in [-0.15, -0.1) is 0 Å². The normalized spacial score (nSPS) is 20.5. The van der Waals surface area contributed by atoms with Gasteiger partial charge >= 0.3 is 24.3 Å². The molecule has 2 saturated heterocycles. The lowest BCUT2D eigenvalue weighted by atomic mass is 9.71. The molecule has 9 nitrogen and oxygen atoms in total. The van der Waals surface area contributed by atoms with Gasteiger partial charge in [0, 0.05) is 25.8 Å². The molecule has 1 spiro atoms. The van der Waals surface area contributed by atoms with Crippen molar-refractivity contribution in [2.45, 2.75) is 62.7 Å². The van der Waals surface area contributed by atoms with Crippen LogP contribution in [-0.2, 0) is 26.2 Å². The lowest BCUT2D eigenvalue weighted by Crippen LogP contribution is -2.48. The quantitative estimate of drug-likeness (QED) is 0.521. The lowest BCUT2D eigenvalue weighted by Gasteiger charge is -2.46. The highest BCUT2D eigenvalue weighted by Gasteiger charge is 2.45. The second kappa shape index (κ2) is 12.6. The van der Waals surface area contributed by atoms with Crippen LogP contribution in [0.15, 0.2) is 24.4 Å². The number of hydrogen-bond acceptors (Lipinski definition) is 6. The Bertz CT molecular complexity index is 1010. The van der Waals surface area contributed by atoms with E-state index in [1.165, 1.54) is 12.8 Å². The molecule has 16 heteroatoms. The molecule has 2 N–H and O–H groups in total. The monoisotopic (exact) mass is 577 g/mol. The Morgan fingerprint density at radius 1 is 0.895 bits per heavy atom. The summed E-state index contributed by atoms with van der Waals surface area (Å²) in [5.74, 6) is -5.51. The van der Waals surface area contributed by atoms with Gasteiger partial charge in [0.15, 0.2) is 0 Å². The summed E-state index contributed by atoms with van der Waals surface area (Å²) < 4.78 is 90.0. The van der Waals surface area contributed by atoms with Crippen LogP contribution in [0.3, 0.4) is 0 Å². The summed E-state index contributed by atoms with van der Waals surface area (Å²) in [6, 6.07) is 6.09. The zero-order valence-electron chi connectivity index (χ0n) is 20.2. The van der Waals surface area contributed by atoms with Gasteiger partial charge in [0.05, 0.1) is 10.9 Å². The van der Waals surface area contributed by atoms with Crippen LogP contribution in [0.1, 0.15) is 44.2 Å². The van der Waals surface area contributed by atoms with Crippen molar-refractivity contribution in [3.8, 4) is 0 Å². The Morgan fingerprint density at radius 3 is 1.71 bits per heavy atom. The van der Waals surface area contributed by atoms with E-state index >= 15 is 0 Å². The third-order valence-corrected chi connectivity index (χ3v) is 9.00. The number of carboxylic acids is 2. The molecule has 0 bridgehead atoms. The Hall–Kier alpha value is -2.46. The van der Waals surface area contributed by atoms with E-state index < -0.39 is 34.3 Å². The summed E-state index contributed by atoms with van der Waals surface area (Å²) in [5.41, 5.74) is 1.51. The second-order valence-electron chi connectivity index (χ2n) is 9.35. The number of rotatable bonds is 4. The summed E-state index contributed by atoms with van der Waals surface area (Å²) in [5, 5.41) is 14.2. The van der Waals surface area contributed by atoms with E-state index in [0.29, 0.717) is 5.41 Å². The van der Waals surface area contributed by atoms with Gasteiger partial charge in [-0.2, -0.15) is 26.3 Å². The maximum Gasteiger partial charge on any atom is 0.490 e. The van der Waals surface area contributed by atoms with Gasteiger partial charge in [0.25, 0.3) is 0 Å². The number of hydrogen-bond donors (Lipinski definition) is 2. The van der Waals surface area contributed by atoms with E-state index in [-0.39, 0.29) is 5.25 Å². The van der Waals surface area contributed by atoms with E-state index in [0.717, 1.165) is 64.1 Å². The van der Waals surface area contributed by atoms with Crippen LogP contribution in [0, 0.1) is 5.41 Å². The minimum absolute atomic E-state index is 0.0632. The number of pyridine rings is 1. The number of piperidine rings is 2. The van der Waals surface area contributed by atoms with Crippen molar-refractivity contribution in [3.05, 3.63) is 30.1 Å². The summed E-state index contributed by atoms with van der Waals surface area (Å²) >= 11 is 0. The number of aliphatic carboxylic acids is 2. The van der Waals surface area contributed by atoms with Crippen molar-refractivity contribution in [3.63, 3.8) is 0 Å². The molecule has 0 amide bonds. The Morgan fingerprint density at radius 2 is 1.34 bits per heavy atom. The van der Waals surface area contributed by atoms with Crippen molar-refractivity contribution in [1.82, 2.24) is 14.2 Å². The van der Waals surface area contributed by atoms with Crippen molar-refractivity contribution in [2.24, 2.45) is 5.41 Å². The third kappa shape index (κ3) is 9.69. The van der Waals surface area contributed by atoms with Crippen molar-refractivity contribution in [2.75, 3.05) is 26.2 Å². The minimum Gasteiger partial charge on any atom is -0.475 e. The second-order valence-corrected chi connectivity index (χ2v) is 11.6. The van der Waals surface area contributed by atoms with Gasteiger partial charge in [0.1, 0.15) is 0 Å². The first-order valence-corrected chi connectivity index (χ1v) is 13.2. The molecule has 216 valence electrons. The first-order valence-electron chi connectivity index (χ1n) is 11.7. The molecule has 1 aromatic heterocycles. The van der Waals surface area contributed by atoms with Crippen LogP contribution in [0.4, 0.5) is 26.3 Å².